The molecular weight excluding hydrogens is 258 g/mol. The second-order valence-corrected chi connectivity index (χ2v) is 4.40. The van der Waals surface area contributed by atoms with E-state index in [2.05, 4.69) is 21.0 Å². The number of aromatic nitrogens is 3. The molecule has 0 aliphatic carbocycles. The summed E-state index contributed by atoms with van der Waals surface area (Å²) in [5, 5.41) is 8.94. The number of hydrogen-bond donors (Lipinski definition) is 1. The van der Waals surface area contributed by atoms with Crippen molar-refractivity contribution >= 4 is 17.8 Å². The summed E-state index contributed by atoms with van der Waals surface area (Å²) >= 11 is 0. The monoisotopic (exact) mass is 277 g/mol. The molecule has 1 atom stereocenters. The Balaban J connectivity index is 2.25. The highest BCUT2D eigenvalue weighted by Gasteiger charge is 2.23. The minimum Gasteiger partial charge on any atom is -0.368 e. The Bertz CT molecular complexity index is 497. The summed E-state index contributed by atoms with van der Waals surface area (Å²) in [4.78, 5) is 16.7. The summed E-state index contributed by atoms with van der Waals surface area (Å²) in [5.74, 6) is 1.26. The van der Waals surface area contributed by atoms with Crippen molar-refractivity contribution in [3.05, 3.63) is 0 Å². The van der Waals surface area contributed by atoms with Gasteiger partial charge in [-0.15, -0.1) is 0 Å². The first-order valence-corrected chi connectivity index (χ1v) is 6.70. The molecule has 2 N–H and O–H groups in total. The van der Waals surface area contributed by atoms with Gasteiger partial charge in [0.1, 0.15) is 0 Å². The fourth-order valence-electron chi connectivity index (χ4n) is 2.07. The molecule has 1 aliphatic heterocycles. The molecule has 0 amide bonds. The van der Waals surface area contributed by atoms with Gasteiger partial charge in [-0.2, -0.15) is 20.2 Å². The Labute approximate surface area is 118 Å². The van der Waals surface area contributed by atoms with Gasteiger partial charge in [0, 0.05) is 19.6 Å². The topological polar surface area (TPSA) is 104 Å². The second-order valence-electron chi connectivity index (χ2n) is 4.40. The van der Waals surface area contributed by atoms with E-state index in [1.807, 2.05) is 23.6 Å². The third-order valence-corrected chi connectivity index (χ3v) is 3.17. The lowest BCUT2D eigenvalue weighted by Gasteiger charge is -2.30. The quantitative estimate of drug-likeness (QED) is 0.822. The van der Waals surface area contributed by atoms with Crippen LogP contribution in [-0.2, 0) is 4.74 Å². The molecule has 0 spiro atoms. The van der Waals surface area contributed by atoms with E-state index in [0.717, 1.165) is 13.1 Å². The molecule has 1 saturated heterocycles. The Morgan fingerprint density at radius 1 is 1.40 bits per heavy atom. The number of nitrogens with zero attached hydrogens (tertiary/aromatic N) is 6. The Kier molecular flexibility index (Phi) is 4.53. The standard InChI is InChI=1S/C12H19N7O/c1-3-18(4-2)11-15-10(14)16-12(17-11)19-5-6-20-9(7-13)8-19/h9H,3-6,8H2,1-2H3,(H2,14,15,16,17). The summed E-state index contributed by atoms with van der Waals surface area (Å²) in [6, 6.07) is 2.10. The first-order valence-electron chi connectivity index (χ1n) is 6.70. The van der Waals surface area contributed by atoms with E-state index in [9.17, 15) is 0 Å². The summed E-state index contributed by atoms with van der Waals surface area (Å²) in [5.41, 5.74) is 5.77. The van der Waals surface area contributed by atoms with E-state index >= 15 is 0 Å². The molecule has 0 aromatic carbocycles. The van der Waals surface area contributed by atoms with Gasteiger partial charge in [-0.3, -0.25) is 0 Å². The molecule has 0 bridgehead atoms. The third-order valence-electron chi connectivity index (χ3n) is 3.17. The lowest BCUT2D eigenvalue weighted by molar-refractivity contribution is 0.0758. The van der Waals surface area contributed by atoms with Gasteiger partial charge in [0.2, 0.25) is 17.8 Å². The molecular formula is C12H19N7O. The lowest BCUT2D eigenvalue weighted by atomic mass is 10.3. The van der Waals surface area contributed by atoms with Crippen LogP contribution in [0.1, 0.15) is 13.8 Å². The average molecular weight is 277 g/mol. The fraction of sp³-hybridized carbons (Fsp3) is 0.667. The van der Waals surface area contributed by atoms with Crippen molar-refractivity contribution < 1.29 is 4.74 Å². The van der Waals surface area contributed by atoms with E-state index in [0.29, 0.717) is 31.6 Å². The van der Waals surface area contributed by atoms with E-state index in [4.69, 9.17) is 15.7 Å². The van der Waals surface area contributed by atoms with Gasteiger partial charge in [0.25, 0.3) is 0 Å². The molecule has 8 heteroatoms. The van der Waals surface area contributed by atoms with Crippen molar-refractivity contribution in [3.63, 3.8) is 0 Å². The number of morpholine rings is 1. The smallest absolute Gasteiger partial charge is 0.232 e. The number of nitriles is 1. The molecule has 1 fully saturated rings. The maximum absolute atomic E-state index is 8.94. The highest BCUT2D eigenvalue weighted by molar-refractivity contribution is 5.44. The van der Waals surface area contributed by atoms with Crippen LogP contribution in [0.15, 0.2) is 0 Å². The predicted molar refractivity (Wildman–Crippen MR) is 75.4 cm³/mol. The Morgan fingerprint density at radius 2 is 2.15 bits per heavy atom. The van der Waals surface area contributed by atoms with Crippen LogP contribution >= 0.6 is 0 Å². The van der Waals surface area contributed by atoms with Crippen LogP contribution in [0.2, 0.25) is 0 Å². The van der Waals surface area contributed by atoms with Crippen LogP contribution in [0.25, 0.3) is 0 Å². The summed E-state index contributed by atoms with van der Waals surface area (Å²) < 4.78 is 5.31. The van der Waals surface area contributed by atoms with Crippen molar-refractivity contribution in [2.45, 2.75) is 20.0 Å². The summed E-state index contributed by atoms with van der Waals surface area (Å²) in [6.45, 7) is 7.21. The Morgan fingerprint density at radius 3 is 2.80 bits per heavy atom. The number of rotatable bonds is 4. The SMILES string of the molecule is CCN(CC)c1nc(N)nc(N2CCOC(C#N)C2)n1. The summed E-state index contributed by atoms with van der Waals surface area (Å²) in [6.07, 6.45) is -0.460. The van der Waals surface area contributed by atoms with Crippen molar-refractivity contribution in [1.82, 2.24) is 15.0 Å². The number of nitrogen functional groups attached to an aromatic ring is 1. The molecule has 0 saturated carbocycles. The molecule has 1 aliphatic rings. The lowest BCUT2D eigenvalue weighted by Crippen LogP contribution is -2.43. The molecule has 2 heterocycles. The number of nitrogens with two attached hydrogens (primary N) is 1. The molecule has 1 aromatic rings. The maximum atomic E-state index is 8.94. The minimum absolute atomic E-state index is 0.192. The van der Waals surface area contributed by atoms with Crippen LogP contribution in [-0.4, -0.2) is 53.8 Å². The zero-order valence-electron chi connectivity index (χ0n) is 11.8. The number of ether oxygens (including phenoxy) is 1. The molecule has 0 radical (unpaired) electrons. The van der Waals surface area contributed by atoms with Crippen molar-refractivity contribution in [3.8, 4) is 6.07 Å². The van der Waals surface area contributed by atoms with Gasteiger partial charge >= 0.3 is 0 Å². The highest BCUT2D eigenvalue weighted by Crippen LogP contribution is 2.17. The molecule has 1 aromatic heterocycles. The van der Waals surface area contributed by atoms with E-state index < -0.39 is 6.10 Å². The number of anilines is 3. The van der Waals surface area contributed by atoms with Crippen molar-refractivity contribution in [2.24, 2.45) is 0 Å². The van der Waals surface area contributed by atoms with Gasteiger partial charge in [0.15, 0.2) is 6.10 Å². The van der Waals surface area contributed by atoms with E-state index in [1.165, 1.54) is 0 Å². The largest absolute Gasteiger partial charge is 0.368 e. The maximum Gasteiger partial charge on any atom is 0.232 e. The van der Waals surface area contributed by atoms with Gasteiger partial charge < -0.3 is 20.3 Å². The van der Waals surface area contributed by atoms with Crippen LogP contribution in [0.5, 0.6) is 0 Å². The van der Waals surface area contributed by atoms with Crippen LogP contribution in [0.4, 0.5) is 17.8 Å². The third kappa shape index (κ3) is 3.05. The van der Waals surface area contributed by atoms with Crippen molar-refractivity contribution in [1.29, 1.82) is 5.26 Å². The van der Waals surface area contributed by atoms with Crippen LogP contribution < -0.4 is 15.5 Å². The first kappa shape index (κ1) is 14.3. The minimum atomic E-state index is -0.460. The van der Waals surface area contributed by atoms with Gasteiger partial charge in [0.05, 0.1) is 19.2 Å². The zero-order chi connectivity index (χ0) is 14.5. The highest BCUT2D eigenvalue weighted by atomic mass is 16.5. The fourth-order valence-corrected chi connectivity index (χ4v) is 2.07. The molecule has 1 unspecified atom stereocenters. The van der Waals surface area contributed by atoms with Gasteiger partial charge in [-0.25, -0.2) is 0 Å². The number of hydrogen-bond acceptors (Lipinski definition) is 8. The van der Waals surface area contributed by atoms with E-state index in [1.54, 1.807) is 0 Å². The van der Waals surface area contributed by atoms with Crippen molar-refractivity contribution in [2.75, 3.05) is 48.3 Å². The average Bonchev–Trinajstić information content (AvgIpc) is 2.48. The molecule has 20 heavy (non-hydrogen) atoms. The van der Waals surface area contributed by atoms with Crippen LogP contribution in [0, 0.1) is 11.3 Å². The second kappa shape index (κ2) is 6.34. The van der Waals surface area contributed by atoms with Gasteiger partial charge in [-0.1, -0.05) is 0 Å². The van der Waals surface area contributed by atoms with Gasteiger partial charge in [-0.05, 0) is 13.8 Å². The Hall–Kier alpha value is -2.14. The molecule has 2 rings (SSSR count). The molecule has 8 nitrogen and oxygen atoms in total. The van der Waals surface area contributed by atoms with Crippen LogP contribution in [0.3, 0.4) is 0 Å². The predicted octanol–water partition coefficient (Wildman–Crippen LogP) is 0.0288. The molecule has 108 valence electrons. The zero-order valence-corrected chi connectivity index (χ0v) is 11.8. The summed E-state index contributed by atoms with van der Waals surface area (Å²) in [7, 11) is 0. The van der Waals surface area contributed by atoms with E-state index in [-0.39, 0.29) is 5.95 Å². The first-order chi connectivity index (χ1) is 9.67. The normalized spacial score (nSPS) is 18.6.